The third kappa shape index (κ3) is 1.57. The van der Waals surface area contributed by atoms with E-state index in [1.165, 1.54) is 25.6 Å². The number of hydrogen-bond donors (Lipinski definition) is 0. The number of rotatable bonds is 0. The lowest BCUT2D eigenvalue weighted by Crippen LogP contribution is -1.85. The zero-order chi connectivity index (χ0) is 14.7. The monoisotopic (exact) mass is 319 g/mol. The minimum atomic E-state index is 0.586. The molecule has 0 atom stereocenters. The van der Waals surface area contributed by atoms with Crippen molar-refractivity contribution in [3.05, 3.63) is 65.8 Å². The van der Waals surface area contributed by atoms with Crippen molar-refractivity contribution in [1.82, 2.24) is 4.98 Å². The van der Waals surface area contributed by atoms with E-state index >= 15 is 0 Å². The summed E-state index contributed by atoms with van der Waals surface area (Å²) in [4.78, 5) is 4.61. The molecule has 0 spiro atoms. The fourth-order valence-corrected chi connectivity index (χ4v) is 4.62. The van der Waals surface area contributed by atoms with Gasteiger partial charge in [-0.1, -0.05) is 54.1 Å². The van der Waals surface area contributed by atoms with Crippen LogP contribution in [0.25, 0.3) is 41.8 Å². The number of hydrogen-bond acceptors (Lipinski definition) is 2. The highest BCUT2D eigenvalue weighted by atomic mass is 35.5. The fourth-order valence-electron chi connectivity index (χ4n) is 3.22. The standard InChI is InChI=1S/C19H10ClNS/c20-19-18-12(11-5-1-3-7-14(11)21-19)9-10-16-17(18)13-6-2-4-8-15(13)22-16/h1-10H. The maximum absolute atomic E-state index is 6.57. The van der Waals surface area contributed by atoms with Crippen molar-refractivity contribution in [3.63, 3.8) is 0 Å². The van der Waals surface area contributed by atoms with Crippen molar-refractivity contribution < 1.29 is 0 Å². The molecule has 0 radical (unpaired) electrons. The Labute approximate surface area is 135 Å². The fraction of sp³-hybridized carbons (Fsp3) is 0. The van der Waals surface area contributed by atoms with Gasteiger partial charge in [0, 0.05) is 30.9 Å². The van der Waals surface area contributed by atoms with Gasteiger partial charge in [-0.25, -0.2) is 4.98 Å². The summed E-state index contributed by atoms with van der Waals surface area (Å²) >= 11 is 8.37. The maximum Gasteiger partial charge on any atom is 0.138 e. The van der Waals surface area contributed by atoms with Gasteiger partial charge in [-0.15, -0.1) is 11.3 Å². The van der Waals surface area contributed by atoms with Gasteiger partial charge in [-0.05, 0) is 23.6 Å². The van der Waals surface area contributed by atoms with Crippen LogP contribution < -0.4 is 0 Å². The Balaban J connectivity index is 2.15. The van der Waals surface area contributed by atoms with E-state index in [4.69, 9.17) is 11.6 Å². The molecule has 3 heteroatoms. The largest absolute Gasteiger partial charge is 0.235 e. The van der Waals surface area contributed by atoms with Gasteiger partial charge in [0.2, 0.25) is 0 Å². The molecular weight excluding hydrogens is 310 g/mol. The number of halogens is 1. The summed E-state index contributed by atoms with van der Waals surface area (Å²) in [5.74, 6) is 0. The van der Waals surface area contributed by atoms with E-state index in [9.17, 15) is 0 Å². The van der Waals surface area contributed by atoms with E-state index in [1.807, 2.05) is 18.2 Å². The molecule has 0 unspecified atom stereocenters. The predicted octanol–water partition coefficient (Wildman–Crippen LogP) is 6.41. The van der Waals surface area contributed by atoms with E-state index in [0.717, 1.165) is 16.3 Å². The van der Waals surface area contributed by atoms with Gasteiger partial charge in [-0.2, -0.15) is 0 Å². The van der Waals surface area contributed by atoms with Crippen molar-refractivity contribution in [2.24, 2.45) is 0 Å². The highest BCUT2D eigenvalue weighted by molar-refractivity contribution is 7.26. The van der Waals surface area contributed by atoms with Crippen molar-refractivity contribution in [1.29, 1.82) is 0 Å². The Morgan fingerprint density at radius 1 is 0.682 bits per heavy atom. The Bertz CT molecular complexity index is 1190. The average molecular weight is 320 g/mol. The van der Waals surface area contributed by atoms with Gasteiger partial charge < -0.3 is 0 Å². The van der Waals surface area contributed by atoms with Crippen LogP contribution in [0.15, 0.2) is 60.7 Å². The number of benzene rings is 3. The lowest BCUT2D eigenvalue weighted by molar-refractivity contribution is 1.45. The third-order valence-corrected chi connectivity index (χ3v) is 5.57. The van der Waals surface area contributed by atoms with Crippen LogP contribution in [0.1, 0.15) is 0 Å². The first-order valence-corrected chi connectivity index (χ1v) is 8.30. The van der Waals surface area contributed by atoms with Gasteiger partial charge >= 0.3 is 0 Å². The molecule has 0 saturated carbocycles. The van der Waals surface area contributed by atoms with Gasteiger partial charge in [-0.3, -0.25) is 0 Å². The molecule has 0 aliphatic heterocycles. The molecule has 22 heavy (non-hydrogen) atoms. The summed E-state index contributed by atoms with van der Waals surface area (Å²) in [6.07, 6.45) is 0. The van der Waals surface area contributed by atoms with Crippen LogP contribution in [0.2, 0.25) is 5.15 Å². The molecule has 1 nitrogen and oxygen atoms in total. The number of para-hydroxylation sites is 1. The first-order valence-electron chi connectivity index (χ1n) is 7.11. The van der Waals surface area contributed by atoms with Crippen LogP contribution in [0.3, 0.4) is 0 Å². The molecule has 3 aromatic carbocycles. The second-order valence-electron chi connectivity index (χ2n) is 5.38. The Kier molecular flexibility index (Phi) is 2.49. The molecule has 2 aromatic heterocycles. The van der Waals surface area contributed by atoms with Crippen LogP contribution in [-0.2, 0) is 0 Å². The van der Waals surface area contributed by atoms with Crippen LogP contribution in [0.4, 0.5) is 0 Å². The molecule has 5 aromatic rings. The Morgan fingerprint density at radius 2 is 1.45 bits per heavy atom. The normalized spacial score (nSPS) is 11.9. The van der Waals surface area contributed by atoms with E-state index in [0.29, 0.717) is 5.15 Å². The van der Waals surface area contributed by atoms with Crippen molar-refractivity contribution in [3.8, 4) is 0 Å². The smallest absolute Gasteiger partial charge is 0.138 e. The lowest BCUT2D eigenvalue weighted by Gasteiger charge is -2.07. The maximum atomic E-state index is 6.57. The first-order chi connectivity index (χ1) is 10.8. The quantitative estimate of drug-likeness (QED) is 0.237. The summed E-state index contributed by atoms with van der Waals surface area (Å²) in [5.41, 5.74) is 0.943. The number of aromatic nitrogens is 1. The summed E-state index contributed by atoms with van der Waals surface area (Å²) in [6, 6.07) is 21.0. The second-order valence-corrected chi connectivity index (χ2v) is 6.82. The number of thiophene rings is 1. The number of fused-ring (bicyclic) bond motifs is 7. The van der Waals surface area contributed by atoms with E-state index in [-0.39, 0.29) is 0 Å². The first kappa shape index (κ1) is 12.4. The highest BCUT2D eigenvalue weighted by Crippen LogP contribution is 2.42. The molecule has 0 amide bonds. The third-order valence-electron chi connectivity index (χ3n) is 4.16. The summed E-state index contributed by atoms with van der Waals surface area (Å²) in [6.45, 7) is 0. The summed E-state index contributed by atoms with van der Waals surface area (Å²) < 4.78 is 2.54. The SMILES string of the molecule is Clc1nc2ccccc2c2ccc3sc4ccccc4c3c12. The molecule has 104 valence electrons. The number of pyridine rings is 1. The summed E-state index contributed by atoms with van der Waals surface area (Å²) in [7, 11) is 0. The molecule has 0 bridgehead atoms. The van der Waals surface area contributed by atoms with E-state index in [2.05, 4.69) is 47.4 Å². The summed E-state index contributed by atoms with van der Waals surface area (Å²) in [5, 5.41) is 6.46. The van der Waals surface area contributed by atoms with E-state index < -0.39 is 0 Å². The van der Waals surface area contributed by atoms with Crippen LogP contribution in [-0.4, -0.2) is 4.98 Å². The molecule has 0 fully saturated rings. The predicted molar refractivity (Wildman–Crippen MR) is 97.1 cm³/mol. The Hall–Kier alpha value is -2.16. The van der Waals surface area contributed by atoms with E-state index in [1.54, 1.807) is 11.3 Å². The Morgan fingerprint density at radius 3 is 2.36 bits per heavy atom. The topological polar surface area (TPSA) is 12.9 Å². The second kappa shape index (κ2) is 4.42. The minimum absolute atomic E-state index is 0.586. The van der Waals surface area contributed by atoms with Gasteiger partial charge in [0.25, 0.3) is 0 Å². The van der Waals surface area contributed by atoms with Gasteiger partial charge in [0.15, 0.2) is 0 Å². The van der Waals surface area contributed by atoms with Crippen molar-refractivity contribution >= 4 is 64.8 Å². The molecular formula is C19H10ClNS. The van der Waals surface area contributed by atoms with Crippen LogP contribution >= 0.6 is 22.9 Å². The van der Waals surface area contributed by atoms with Crippen molar-refractivity contribution in [2.45, 2.75) is 0 Å². The molecule has 0 N–H and O–H groups in total. The van der Waals surface area contributed by atoms with Crippen LogP contribution in [0.5, 0.6) is 0 Å². The molecule has 0 saturated heterocycles. The lowest BCUT2D eigenvalue weighted by atomic mass is 10.0. The molecule has 0 aliphatic carbocycles. The van der Waals surface area contributed by atoms with Crippen LogP contribution in [0, 0.1) is 0 Å². The number of nitrogens with zero attached hydrogens (tertiary/aromatic N) is 1. The molecule has 0 aliphatic rings. The van der Waals surface area contributed by atoms with Gasteiger partial charge in [0.1, 0.15) is 5.15 Å². The highest BCUT2D eigenvalue weighted by Gasteiger charge is 2.14. The van der Waals surface area contributed by atoms with Crippen molar-refractivity contribution in [2.75, 3.05) is 0 Å². The van der Waals surface area contributed by atoms with Gasteiger partial charge in [0.05, 0.1) is 5.52 Å². The zero-order valence-electron chi connectivity index (χ0n) is 11.5. The minimum Gasteiger partial charge on any atom is -0.235 e. The average Bonchev–Trinajstić information content (AvgIpc) is 2.93. The molecule has 5 rings (SSSR count). The zero-order valence-corrected chi connectivity index (χ0v) is 13.1. The molecule has 2 heterocycles.